The fourth-order valence-corrected chi connectivity index (χ4v) is 1.34. The molecule has 0 aromatic rings. The van der Waals surface area contributed by atoms with Crippen molar-refractivity contribution in [2.45, 2.75) is 40.5 Å². The summed E-state index contributed by atoms with van der Waals surface area (Å²) in [4.78, 5) is 10.0. The molecule has 1 unspecified atom stereocenters. The number of hydrogen-bond donors (Lipinski definition) is 0. The molecule has 0 spiro atoms. The summed E-state index contributed by atoms with van der Waals surface area (Å²) in [5.41, 5.74) is 0.276. The Morgan fingerprint density at radius 3 is 2.33 bits per heavy atom. The first kappa shape index (κ1) is 11.5. The number of ether oxygens (including phenoxy) is 1. The van der Waals surface area contributed by atoms with Gasteiger partial charge in [-0.05, 0) is 17.8 Å². The normalized spacial score (nSPS) is 14.0. The van der Waals surface area contributed by atoms with Gasteiger partial charge in [-0.1, -0.05) is 34.1 Å². The van der Waals surface area contributed by atoms with Gasteiger partial charge in [0.15, 0.2) is 0 Å². The maximum atomic E-state index is 10.0. The Balaban J connectivity index is 4.03. The number of carbonyl (C=O) groups is 1. The van der Waals surface area contributed by atoms with E-state index in [0.717, 1.165) is 12.8 Å². The molecule has 0 aliphatic heterocycles. The van der Waals surface area contributed by atoms with Crippen molar-refractivity contribution in [3.05, 3.63) is 0 Å². The molecule has 0 aromatic carbocycles. The lowest BCUT2D eigenvalue weighted by atomic mass is 9.76. The third-order valence-corrected chi connectivity index (χ3v) is 2.87. The lowest BCUT2D eigenvalue weighted by molar-refractivity contribution is -0.131. The Bertz CT molecular complexity index is 130. The van der Waals surface area contributed by atoms with Crippen molar-refractivity contribution in [1.29, 1.82) is 0 Å². The van der Waals surface area contributed by atoms with E-state index < -0.39 is 0 Å². The zero-order chi connectivity index (χ0) is 9.61. The summed E-state index contributed by atoms with van der Waals surface area (Å²) >= 11 is 0. The van der Waals surface area contributed by atoms with Gasteiger partial charge in [-0.15, -0.1) is 0 Å². The molecule has 12 heavy (non-hydrogen) atoms. The van der Waals surface area contributed by atoms with Crippen molar-refractivity contribution in [3.8, 4) is 0 Å². The molecule has 0 saturated carbocycles. The highest BCUT2D eigenvalue weighted by atomic mass is 16.5. The third kappa shape index (κ3) is 3.24. The Morgan fingerprint density at radius 1 is 1.42 bits per heavy atom. The molecule has 1 atom stereocenters. The van der Waals surface area contributed by atoms with Crippen LogP contribution >= 0.6 is 0 Å². The van der Waals surface area contributed by atoms with Gasteiger partial charge in [0.2, 0.25) is 0 Å². The second-order valence-corrected chi connectivity index (χ2v) is 3.88. The van der Waals surface area contributed by atoms with Crippen LogP contribution in [0.3, 0.4) is 0 Å². The summed E-state index contributed by atoms with van der Waals surface area (Å²) < 4.78 is 4.79. The van der Waals surface area contributed by atoms with Crippen LogP contribution in [0.25, 0.3) is 0 Å². The summed E-state index contributed by atoms with van der Waals surface area (Å²) in [6, 6.07) is 0. The van der Waals surface area contributed by atoms with Gasteiger partial charge in [-0.25, -0.2) is 0 Å². The first-order chi connectivity index (χ1) is 5.58. The standard InChI is InChI=1S/C10H20O2/c1-5-9(7-12-8-11)10(3,4)6-2/h8-9H,5-7H2,1-4H3. The minimum absolute atomic E-state index is 0.276. The Labute approximate surface area is 75.3 Å². The topological polar surface area (TPSA) is 26.3 Å². The monoisotopic (exact) mass is 172 g/mol. The molecule has 72 valence electrons. The van der Waals surface area contributed by atoms with Gasteiger partial charge >= 0.3 is 0 Å². The Kier molecular flexibility index (Phi) is 4.95. The average molecular weight is 172 g/mol. The predicted octanol–water partition coefficient (Wildman–Crippen LogP) is 2.62. The van der Waals surface area contributed by atoms with Crippen LogP contribution in [-0.4, -0.2) is 13.1 Å². The average Bonchev–Trinajstić information content (AvgIpc) is 2.05. The largest absolute Gasteiger partial charge is 0.468 e. The molecule has 0 saturated heterocycles. The van der Waals surface area contributed by atoms with Crippen LogP contribution in [0.2, 0.25) is 0 Å². The maximum Gasteiger partial charge on any atom is 0.293 e. The smallest absolute Gasteiger partial charge is 0.293 e. The maximum absolute atomic E-state index is 10.0. The zero-order valence-electron chi connectivity index (χ0n) is 8.59. The van der Waals surface area contributed by atoms with E-state index in [0.29, 0.717) is 19.0 Å². The van der Waals surface area contributed by atoms with E-state index in [1.165, 1.54) is 0 Å². The van der Waals surface area contributed by atoms with Gasteiger partial charge < -0.3 is 4.74 Å². The lowest BCUT2D eigenvalue weighted by Crippen LogP contribution is -2.26. The van der Waals surface area contributed by atoms with E-state index in [-0.39, 0.29) is 5.41 Å². The molecule has 0 rings (SSSR count). The molecule has 2 heteroatoms. The van der Waals surface area contributed by atoms with Gasteiger partial charge in [-0.3, -0.25) is 4.79 Å². The summed E-state index contributed by atoms with van der Waals surface area (Å²) in [7, 11) is 0. The first-order valence-corrected chi connectivity index (χ1v) is 4.63. The van der Waals surface area contributed by atoms with Gasteiger partial charge in [-0.2, -0.15) is 0 Å². The highest BCUT2D eigenvalue weighted by Gasteiger charge is 2.26. The summed E-state index contributed by atoms with van der Waals surface area (Å²) in [5, 5.41) is 0. The van der Waals surface area contributed by atoms with Crippen molar-refractivity contribution in [3.63, 3.8) is 0 Å². The van der Waals surface area contributed by atoms with Crippen molar-refractivity contribution in [1.82, 2.24) is 0 Å². The fourth-order valence-electron chi connectivity index (χ4n) is 1.34. The number of hydrogen-bond acceptors (Lipinski definition) is 2. The zero-order valence-corrected chi connectivity index (χ0v) is 8.59. The molecular formula is C10H20O2. The van der Waals surface area contributed by atoms with Gasteiger partial charge in [0.05, 0.1) is 6.61 Å². The molecule has 0 aromatic heterocycles. The third-order valence-electron chi connectivity index (χ3n) is 2.87. The van der Waals surface area contributed by atoms with E-state index in [4.69, 9.17) is 4.74 Å². The van der Waals surface area contributed by atoms with Crippen LogP contribution in [0.4, 0.5) is 0 Å². The minimum Gasteiger partial charge on any atom is -0.468 e. The van der Waals surface area contributed by atoms with E-state index in [9.17, 15) is 4.79 Å². The SMILES string of the molecule is CCC(COC=O)C(C)(C)CC. The molecule has 0 N–H and O–H groups in total. The van der Waals surface area contributed by atoms with Crippen molar-refractivity contribution in [2.75, 3.05) is 6.61 Å². The molecule has 0 aliphatic rings. The van der Waals surface area contributed by atoms with E-state index in [1.54, 1.807) is 0 Å². The second kappa shape index (κ2) is 5.18. The van der Waals surface area contributed by atoms with Crippen LogP contribution in [0, 0.1) is 11.3 Å². The molecule has 0 aliphatic carbocycles. The Hall–Kier alpha value is -0.530. The predicted molar refractivity (Wildman–Crippen MR) is 49.9 cm³/mol. The second-order valence-electron chi connectivity index (χ2n) is 3.88. The summed E-state index contributed by atoms with van der Waals surface area (Å²) in [6.07, 6.45) is 2.18. The molecular weight excluding hydrogens is 152 g/mol. The van der Waals surface area contributed by atoms with E-state index >= 15 is 0 Å². The van der Waals surface area contributed by atoms with Crippen LogP contribution in [0.1, 0.15) is 40.5 Å². The highest BCUT2D eigenvalue weighted by molar-refractivity contribution is 5.36. The molecule has 0 amide bonds. The van der Waals surface area contributed by atoms with Gasteiger partial charge in [0.1, 0.15) is 0 Å². The van der Waals surface area contributed by atoms with E-state index in [1.807, 2.05) is 0 Å². The van der Waals surface area contributed by atoms with Crippen molar-refractivity contribution in [2.24, 2.45) is 11.3 Å². The first-order valence-electron chi connectivity index (χ1n) is 4.63. The number of carbonyl (C=O) groups excluding carboxylic acids is 1. The van der Waals surface area contributed by atoms with Crippen LogP contribution in [-0.2, 0) is 9.53 Å². The summed E-state index contributed by atoms with van der Waals surface area (Å²) in [6.45, 7) is 9.83. The van der Waals surface area contributed by atoms with Crippen LogP contribution < -0.4 is 0 Å². The Morgan fingerprint density at radius 2 is 2.00 bits per heavy atom. The van der Waals surface area contributed by atoms with Gasteiger partial charge in [0.25, 0.3) is 6.47 Å². The minimum atomic E-state index is 0.276. The molecule has 2 nitrogen and oxygen atoms in total. The van der Waals surface area contributed by atoms with Crippen molar-refractivity contribution >= 4 is 6.47 Å². The van der Waals surface area contributed by atoms with E-state index in [2.05, 4.69) is 27.7 Å². The fraction of sp³-hybridized carbons (Fsp3) is 0.900. The molecule has 0 bridgehead atoms. The lowest BCUT2D eigenvalue weighted by Gasteiger charge is -2.31. The quantitative estimate of drug-likeness (QED) is 0.576. The van der Waals surface area contributed by atoms with Crippen LogP contribution in [0.5, 0.6) is 0 Å². The molecule has 0 radical (unpaired) electrons. The molecule has 0 fully saturated rings. The highest BCUT2D eigenvalue weighted by Crippen LogP contribution is 2.32. The number of rotatable bonds is 6. The van der Waals surface area contributed by atoms with Gasteiger partial charge in [0, 0.05) is 0 Å². The van der Waals surface area contributed by atoms with Crippen molar-refractivity contribution < 1.29 is 9.53 Å². The van der Waals surface area contributed by atoms with Crippen LogP contribution in [0.15, 0.2) is 0 Å². The molecule has 0 heterocycles. The summed E-state index contributed by atoms with van der Waals surface area (Å²) in [5.74, 6) is 0.479.